The molecule has 2 aliphatic carbocycles. The monoisotopic (exact) mass is 347 g/mol. The van der Waals surface area contributed by atoms with Gasteiger partial charge in [-0.3, -0.25) is 9.79 Å². The van der Waals surface area contributed by atoms with Gasteiger partial charge in [-0.15, -0.1) is 0 Å². The van der Waals surface area contributed by atoms with Crippen LogP contribution >= 0.6 is 0 Å². The van der Waals surface area contributed by atoms with Crippen molar-refractivity contribution in [1.82, 2.24) is 0 Å². The van der Waals surface area contributed by atoms with Crippen molar-refractivity contribution in [2.75, 3.05) is 7.11 Å². The summed E-state index contributed by atoms with van der Waals surface area (Å²) < 4.78 is 19.1. The zero-order chi connectivity index (χ0) is 18.7. The van der Waals surface area contributed by atoms with Gasteiger partial charge in [-0.05, 0) is 81.9 Å². The molecule has 0 aromatic rings. The molecular weight excluding hydrogens is 317 g/mol. The van der Waals surface area contributed by atoms with E-state index in [4.69, 9.17) is 4.74 Å². The number of rotatable bonds is 6. The molecule has 138 valence electrons. The number of methoxy groups -OCH3 is 1. The van der Waals surface area contributed by atoms with Gasteiger partial charge in [0.05, 0.1) is 18.2 Å². The molecule has 0 amide bonds. The molecule has 0 aromatic heterocycles. The zero-order valence-electron chi connectivity index (χ0n) is 15.8. The summed E-state index contributed by atoms with van der Waals surface area (Å²) in [6.07, 6.45) is 10.8. The van der Waals surface area contributed by atoms with Crippen molar-refractivity contribution in [2.24, 2.45) is 21.7 Å². The van der Waals surface area contributed by atoms with Crippen LogP contribution in [0.4, 0.5) is 4.39 Å². The largest absolute Gasteiger partial charge is 0.469 e. The van der Waals surface area contributed by atoms with E-state index in [0.717, 1.165) is 37.7 Å². The molecule has 2 atom stereocenters. The molecule has 1 spiro atoms. The number of aliphatic imine (C=N–C) groups is 1. The van der Waals surface area contributed by atoms with E-state index in [2.05, 4.69) is 11.6 Å². The maximum Gasteiger partial charge on any atom is 0.312 e. The van der Waals surface area contributed by atoms with Crippen LogP contribution in [0.1, 0.15) is 52.9 Å². The molecule has 2 unspecified atom stereocenters. The number of carbonyl (C=O) groups is 1. The Labute approximate surface area is 150 Å². The molecule has 25 heavy (non-hydrogen) atoms. The Balaban J connectivity index is 2.02. The fraction of sp³-hybridized carbons (Fsp3) is 0.619. The Morgan fingerprint density at radius 1 is 1.40 bits per heavy atom. The third-order valence-electron chi connectivity index (χ3n) is 6.11. The second kappa shape index (κ2) is 7.67. The molecule has 3 nitrogen and oxygen atoms in total. The number of esters is 1. The van der Waals surface area contributed by atoms with E-state index in [1.165, 1.54) is 7.11 Å². The predicted octanol–water partition coefficient (Wildman–Crippen LogP) is 5.19. The van der Waals surface area contributed by atoms with E-state index in [-0.39, 0.29) is 22.7 Å². The van der Waals surface area contributed by atoms with Gasteiger partial charge in [-0.25, -0.2) is 4.39 Å². The molecule has 0 aliphatic heterocycles. The maximum atomic E-state index is 14.1. The van der Waals surface area contributed by atoms with Gasteiger partial charge in [0.2, 0.25) is 0 Å². The molecule has 0 bridgehead atoms. The topological polar surface area (TPSA) is 38.7 Å². The lowest BCUT2D eigenvalue weighted by atomic mass is 9.72. The number of carbonyl (C=O) groups excluding carboxylic acids is 1. The van der Waals surface area contributed by atoms with Crippen LogP contribution in [-0.2, 0) is 9.53 Å². The lowest BCUT2D eigenvalue weighted by molar-refractivity contribution is -0.148. The van der Waals surface area contributed by atoms with Gasteiger partial charge < -0.3 is 4.74 Å². The third-order valence-corrected chi connectivity index (χ3v) is 6.11. The van der Waals surface area contributed by atoms with Crippen molar-refractivity contribution >= 4 is 12.2 Å². The summed E-state index contributed by atoms with van der Waals surface area (Å²) >= 11 is 0. The van der Waals surface area contributed by atoms with Crippen molar-refractivity contribution in [1.29, 1.82) is 0 Å². The van der Waals surface area contributed by atoms with Crippen LogP contribution in [0.2, 0.25) is 0 Å². The normalized spacial score (nSPS) is 33.8. The maximum absolute atomic E-state index is 14.1. The number of hydrogen-bond donors (Lipinski definition) is 0. The molecular formula is C21H30FNO2. The average molecular weight is 347 g/mol. The van der Waals surface area contributed by atoms with Crippen LogP contribution in [0.3, 0.4) is 0 Å². The molecule has 2 aliphatic rings. The fourth-order valence-corrected chi connectivity index (χ4v) is 4.43. The van der Waals surface area contributed by atoms with Crippen LogP contribution in [0, 0.1) is 16.7 Å². The molecule has 2 rings (SSSR count). The van der Waals surface area contributed by atoms with Crippen molar-refractivity contribution < 1.29 is 13.9 Å². The Kier molecular flexibility index (Phi) is 6.02. The van der Waals surface area contributed by atoms with E-state index < -0.39 is 6.17 Å². The van der Waals surface area contributed by atoms with Gasteiger partial charge in [0, 0.05) is 6.21 Å². The minimum atomic E-state index is -0.994. The molecule has 2 fully saturated rings. The number of hydrogen-bond acceptors (Lipinski definition) is 3. The van der Waals surface area contributed by atoms with Crippen molar-refractivity contribution in [3.63, 3.8) is 0 Å². The number of nitrogens with zero attached hydrogens (tertiary/aromatic N) is 1. The molecule has 4 heteroatoms. The van der Waals surface area contributed by atoms with Crippen molar-refractivity contribution in [3.8, 4) is 0 Å². The summed E-state index contributed by atoms with van der Waals surface area (Å²) in [6.45, 7) is 9.31. The van der Waals surface area contributed by atoms with Crippen LogP contribution in [-0.4, -0.2) is 25.5 Å². The van der Waals surface area contributed by atoms with E-state index in [9.17, 15) is 9.18 Å². The minimum Gasteiger partial charge on any atom is -0.469 e. The van der Waals surface area contributed by atoms with E-state index in [1.54, 1.807) is 19.2 Å². The first-order valence-electron chi connectivity index (χ1n) is 9.08. The number of allylic oxidation sites excluding steroid dienone is 4. The first-order chi connectivity index (χ1) is 11.8. The summed E-state index contributed by atoms with van der Waals surface area (Å²) in [5, 5.41) is 0. The van der Waals surface area contributed by atoms with Crippen LogP contribution in [0.15, 0.2) is 41.1 Å². The Morgan fingerprint density at radius 2 is 2.04 bits per heavy atom. The predicted molar refractivity (Wildman–Crippen MR) is 100 cm³/mol. The van der Waals surface area contributed by atoms with Gasteiger partial charge in [-0.2, -0.15) is 0 Å². The summed E-state index contributed by atoms with van der Waals surface area (Å²) in [5.41, 5.74) is 1.17. The van der Waals surface area contributed by atoms with Gasteiger partial charge in [-0.1, -0.05) is 12.7 Å². The van der Waals surface area contributed by atoms with Crippen LogP contribution in [0.25, 0.3) is 0 Å². The minimum absolute atomic E-state index is 0.0650. The zero-order valence-corrected chi connectivity index (χ0v) is 15.8. The second-order valence-electron chi connectivity index (χ2n) is 7.61. The van der Waals surface area contributed by atoms with E-state index in [0.29, 0.717) is 5.70 Å². The van der Waals surface area contributed by atoms with Crippen molar-refractivity contribution in [2.45, 2.75) is 59.0 Å². The smallest absolute Gasteiger partial charge is 0.312 e. The quantitative estimate of drug-likeness (QED) is 0.377. The Morgan fingerprint density at radius 3 is 2.56 bits per heavy atom. The van der Waals surface area contributed by atoms with Gasteiger partial charge in [0.25, 0.3) is 0 Å². The van der Waals surface area contributed by atoms with E-state index in [1.807, 2.05) is 26.0 Å². The molecule has 2 saturated carbocycles. The van der Waals surface area contributed by atoms with Crippen LogP contribution in [0.5, 0.6) is 0 Å². The van der Waals surface area contributed by atoms with E-state index >= 15 is 0 Å². The number of ether oxygens (including phenoxy) is 1. The van der Waals surface area contributed by atoms with Gasteiger partial charge in [0.15, 0.2) is 0 Å². The molecule has 0 N–H and O–H groups in total. The number of alkyl halides is 1. The summed E-state index contributed by atoms with van der Waals surface area (Å²) in [4.78, 5) is 16.2. The summed E-state index contributed by atoms with van der Waals surface area (Å²) in [6, 6.07) is 0. The molecule has 0 radical (unpaired) electrons. The number of halogens is 1. The lowest BCUT2D eigenvalue weighted by Crippen LogP contribution is -2.28. The summed E-state index contributed by atoms with van der Waals surface area (Å²) in [5.74, 6) is 0.116. The summed E-state index contributed by atoms with van der Waals surface area (Å²) in [7, 11) is 1.46. The Bertz CT molecular complexity index is 609. The molecule has 0 heterocycles. The highest BCUT2D eigenvalue weighted by atomic mass is 19.1. The first kappa shape index (κ1) is 19.6. The first-order valence-corrected chi connectivity index (χ1v) is 9.08. The molecule has 0 saturated heterocycles. The highest BCUT2D eigenvalue weighted by molar-refractivity contribution is 5.81. The second-order valence-corrected chi connectivity index (χ2v) is 7.61. The highest BCUT2D eigenvalue weighted by Crippen LogP contribution is 2.71. The lowest BCUT2D eigenvalue weighted by Gasteiger charge is -2.33. The van der Waals surface area contributed by atoms with Crippen molar-refractivity contribution in [3.05, 3.63) is 36.1 Å². The highest BCUT2D eigenvalue weighted by Gasteiger charge is 2.69. The van der Waals surface area contributed by atoms with Gasteiger partial charge >= 0.3 is 5.97 Å². The SMILES string of the molecule is C=C(/C=C\C)N=C/C=C(\C(C)F)C1CCC2(CC1)CC2(C)C(=O)OC. The average Bonchev–Trinajstić information content (AvgIpc) is 3.16. The standard InChI is InChI=1S/C21H30FNO2/c1-6-7-15(2)23-13-10-18(16(3)22)17-8-11-21(12-9-17)14-20(21,4)19(24)25-5/h6-7,10,13,16-17H,2,8-9,11-12,14H2,1,3-5H3/b7-6-,18-10+,23-13?. The van der Waals surface area contributed by atoms with Crippen LogP contribution < -0.4 is 0 Å². The Hall–Kier alpha value is -1.71. The third kappa shape index (κ3) is 3.94. The molecule has 0 aromatic carbocycles. The fourth-order valence-electron chi connectivity index (χ4n) is 4.43. The van der Waals surface area contributed by atoms with Gasteiger partial charge in [0.1, 0.15) is 6.17 Å².